The topological polar surface area (TPSA) is 29.5 Å². The van der Waals surface area contributed by atoms with Crippen LogP contribution in [0.15, 0.2) is 239 Å². The lowest BCUT2D eigenvalue weighted by molar-refractivity contribution is 0.399. The smallest absolute Gasteiger partial charge is 0.143 e. The molecule has 0 saturated heterocycles. The Kier molecular flexibility index (Phi) is 20.8. The molecule has 15 aromatic rings. The average Bonchev–Trinajstić information content (AvgIpc) is 1.52. The highest BCUT2D eigenvalue weighted by Crippen LogP contribution is 2.64. The third kappa shape index (κ3) is 13.1. The van der Waals surface area contributed by atoms with E-state index in [4.69, 9.17) is 8.83 Å². The zero-order chi connectivity index (χ0) is 84.4. The van der Waals surface area contributed by atoms with E-state index in [-0.39, 0.29) is 27.1 Å². The highest BCUT2D eigenvalue weighted by atomic mass is 16.3. The molecule has 0 saturated carbocycles. The highest BCUT2D eigenvalue weighted by Gasteiger charge is 2.48. The van der Waals surface area contributed by atoms with Crippen LogP contribution in [0, 0.1) is 20.8 Å². The number of anilines is 3. The fourth-order valence-electron chi connectivity index (χ4n) is 24.6. The molecular weight excluding hydrogens is 1490 g/mol. The monoisotopic (exact) mass is 1610 g/mol. The number of nitrogens with zero attached hydrogens (tertiary/aromatic N) is 1. The molecule has 2 aromatic heterocycles. The molecule has 0 spiro atoms. The van der Waals surface area contributed by atoms with Gasteiger partial charge in [-0.25, -0.2) is 0 Å². The zero-order valence-corrected chi connectivity index (χ0v) is 75.7. The molecule has 0 N–H and O–H groups in total. The molecule has 0 unspecified atom stereocenters. The predicted octanol–water partition coefficient (Wildman–Crippen LogP) is 35.8. The minimum Gasteiger partial charge on any atom is -0.456 e. The molecular formula is C120H125NO2. The van der Waals surface area contributed by atoms with Crippen LogP contribution in [-0.4, -0.2) is 0 Å². The summed E-state index contributed by atoms with van der Waals surface area (Å²) in [7, 11) is 0. The van der Waals surface area contributed by atoms with Crippen molar-refractivity contribution in [1.29, 1.82) is 0 Å². The number of furan rings is 2. The second-order valence-electron chi connectivity index (χ2n) is 39.7. The van der Waals surface area contributed by atoms with Crippen LogP contribution in [0.2, 0.25) is 0 Å². The van der Waals surface area contributed by atoms with Gasteiger partial charge in [0.2, 0.25) is 0 Å². The lowest BCUT2D eigenvalue weighted by Gasteiger charge is -2.35. The third-order valence-corrected chi connectivity index (χ3v) is 30.9. The van der Waals surface area contributed by atoms with E-state index in [0.717, 1.165) is 48.0 Å². The number of rotatable bonds is 30. The number of aryl methyl sites for hydroxylation is 3. The van der Waals surface area contributed by atoms with Crippen LogP contribution >= 0.6 is 0 Å². The molecule has 0 fully saturated rings. The number of hydrogen-bond donors (Lipinski definition) is 0. The number of hydrogen-bond acceptors (Lipinski definition) is 3. The van der Waals surface area contributed by atoms with Gasteiger partial charge < -0.3 is 13.7 Å². The molecule has 0 atom stereocenters. The molecule has 123 heavy (non-hydrogen) atoms. The molecule has 5 aliphatic carbocycles. The van der Waals surface area contributed by atoms with Crippen molar-refractivity contribution < 1.29 is 8.83 Å². The van der Waals surface area contributed by atoms with Crippen LogP contribution in [0.1, 0.15) is 296 Å². The largest absolute Gasteiger partial charge is 0.456 e. The van der Waals surface area contributed by atoms with Crippen LogP contribution in [0.4, 0.5) is 17.1 Å². The first-order valence-corrected chi connectivity index (χ1v) is 47.8. The summed E-state index contributed by atoms with van der Waals surface area (Å²) in [5, 5.41) is 4.86. The normalized spacial score (nSPS) is 15.2. The Bertz CT molecular complexity index is 6600. The summed E-state index contributed by atoms with van der Waals surface area (Å²) in [6.45, 7) is 31.1. The first-order valence-electron chi connectivity index (χ1n) is 47.8. The zero-order valence-electron chi connectivity index (χ0n) is 75.7. The highest BCUT2D eigenvalue weighted by molar-refractivity contribution is 6.19. The number of para-hydroxylation sites is 2. The second-order valence-corrected chi connectivity index (χ2v) is 39.7. The van der Waals surface area contributed by atoms with E-state index in [0.29, 0.717) is 0 Å². The Balaban J connectivity index is 0.674. The van der Waals surface area contributed by atoms with Gasteiger partial charge in [0.15, 0.2) is 0 Å². The average molecular weight is 1610 g/mol. The van der Waals surface area contributed by atoms with E-state index >= 15 is 0 Å². The van der Waals surface area contributed by atoms with Crippen LogP contribution < -0.4 is 4.90 Å². The van der Waals surface area contributed by atoms with Gasteiger partial charge >= 0.3 is 0 Å². The molecule has 5 aliphatic rings. The third-order valence-electron chi connectivity index (χ3n) is 30.9. The van der Waals surface area contributed by atoms with Gasteiger partial charge in [-0.05, 0) is 276 Å². The van der Waals surface area contributed by atoms with Gasteiger partial charge in [0.25, 0.3) is 0 Å². The van der Waals surface area contributed by atoms with Gasteiger partial charge in [-0.2, -0.15) is 0 Å². The Morgan fingerprint density at radius 1 is 0.260 bits per heavy atom. The molecule has 20 rings (SSSR count). The Hall–Kier alpha value is -10.7. The molecule has 622 valence electrons. The number of fused-ring (bicyclic) bond motifs is 23. The summed E-state index contributed by atoms with van der Waals surface area (Å²) >= 11 is 0. The van der Waals surface area contributed by atoms with Crippen molar-refractivity contribution >= 4 is 60.9 Å². The molecule has 2 heterocycles. The van der Waals surface area contributed by atoms with Gasteiger partial charge in [0.05, 0.1) is 5.69 Å². The molecule has 0 bridgehead atoms. The van der Waals surface area contributed by atoms with Crippen LogP contribution in [0.25, 0.3) is 133 Å². The van der Waals surface area contributed by atoms with Crippen molar-refractivity contribution in [1.82, 2.24) is 0 Å². The van der Waals surface area contributed by atoms with E-state index < -0.39 is 0 Å². The summed E-state index contributed by atoms with van der Waals surface area (Å²) in [5.74, 6) is 0. The van der Waals surface area contributed by atoms with Gasteiger partial charge in [0.1, 0.15) is 22.3 Å². The van der Waals surface area contributed by atoms with Gasteiger partial charge in [-0.15, -0.1) is 0 Å². The Morgan fingerprint density at radius 3 is 1.24 bits per heavy atom. The summed E-state index contributed by atoms with van der Waals surface area (Å²) in [6.07, 6.45) is 29.9. The molecule has 0 amide bonds. The molecule has 13 aromatic carbocycles. The van der Waals surface area contributed by atoms with E-state index in [2.05, 4.69) is 325 Å². The lowest BCUT2D eigenvalue weighted by atomic mass is 9.70. The van der Waals surface area contributed by atoms with Gasteiger partial charge in [0, 0.05) is 65.6 Å². The quantitative estimate of drug-likeness (QED) is 0.0420. The number of benzene rings is 13. The summed E-state index contributed by atoms with van der Waals surface area (Å²) in [6, 6.07) is 91.4. The first-order chi connectivity index (χ1) is 59.8. The number of unbranched alkanes of at least 4 members (excludes halogenated alkanes) is 16. The maximum Gasteiger partial charge on any atom is 0.143 e. The van der Waals surface area contributed by atoms with Crippen molar-refractivity contribution in [2.45, 2.75) is 271 Å². The molecule has 3 nitrogen and oxygen atoms in total. The summed E-state index contributed by atoms with van der Waals surface area (Å²) < 4.78 is 14.0. The maximum atomic E-state index is 7.40. The minimum atomic E-state index is -0.301. The second kappa shape index (κ2) is 31.8. The standard InChI is InChI=1S/C120H125NO2/c1-14-18-22-26-36-62-119(63-37-27-23-19-15-2)97-43-33-30-40-86(97)89-57-52-83(70-104(89)119)82-51-56-88-87-55-50-81(68-99(87)117(10,11)100(88)69-82)79-46-48-80(49-47-79)94-73-106-110(113-93-42-32-35-45-108(93)123-115(94)113)91-59-54-85(72-105(91)120(106,64-38-28-24-20-16-3)65-39-29-25-21-17-4)121(114-77(6)66-76(5)67-78(114)7)84-53-58-90-95-74-103-96(75-102(95)118(12,13)101(90)71-84)111-98(116(103,8)9)60-61-109-112(111)92-41-31-34-44-107(92)122-109/h30-35,40-61,66-75H,14-29,36-39,62-65H2,1-13H3. The van der Waals surface area contributed by atoms with E-state index in [9.17, 15) is 0 Å². The Labute approximate surface area is 732 Å². The van der Waals surface area contributed by atoms with Crippen molar-refractivity contribution in [2.24, 2.45) is 0 Å². The molecule has 0 radical (unpaired) electrons. The molecule has 3 heteroatoms. The van der Waals surface area contributed by atoms with Crippen LogP contribution in [-0.2, 0) is 27.1 Å². The van der Waals surface area contributed by atoms with Crippen LogP contribution in [0.3, 0.4) is 0 Å². The fourth-order valence-corrected chi connectivity index (χ4v) is 24.6. The lowest BCUT2D eigenvalue weighted by Crippen LogP contribution is -2.26. The summed E-state index contributed by atoms with van der Waals surface area (Å²) in [4.78, 5) is 2.66. The van der Waals surface area contributed by atoms with E-state index in [1.54, 1.807) is 11.1 Å². The fraction of sp³-hybridized carbons (Fsp3) is 0.350. The maximum absolute atomic E-state index is 7.40. The van der Waals surface area contributed by atoms with Gasteiger partial charge in [-0.1, -0.05) is 355 Å². The van der Waals surface area contributed by atoms with E-state index in [1.807, 2.05) is 0 Å². The Morgan fingerprint density at radius 2 is 0.650 bits per heavy atom. The minimum absolute atomic E-state index is 0.0410. The van der Waals surface area contributed by atoms with Crippen molar-refractivity contribution in [3.05, 3.63) is 303 Å². The predicted molar refractivity (Wildman–Crippen MR) is 525 cm³/mol. The first kappa shape index (κ1) is 80.7. The summed E-state index contributed by atoms with van der Waals surface area (Å²) in [5.41, 5.74) is 46.0. The van der Waals surface area contributed by atoms with Crippen molar-refractivity contribution in [2.75, 3.05) is 4.90 Å². The molecule has 0 aliphatic heterocycles. The van der Waals surface area contributed by atoms with Crippen LogP contribution in [0.5, 0.6) is 0 Å². The van der Waals surface area contributed by atoms with E-state index in [1.165, 1.54) is 317 Å². The van der Waals surface area contributed by atoms with Crippen molar-refractivity contribution in [3.63, 3.8) is 0 Å². The van der Waals surface area contributed by atoms with Crippen molar-refractivity contribution in [3.8, 4) is 89.0 Å². The SMILES string of the molecule is CCCCCCCC1(CCCCCCC)c2ccccc2-c2ccc(-c3ccc4c(c3)C(C)(C)c3cc(-c5ccc(-c6cc7c(c8c6oc6ccccc68)-c6ccc(N(c8ccc9c(c8)C(C)(C)c8cc%10c(cc8-9)C(C)(C)c8ccc9oc%11ccccc%11c9c8-%10)c8c(C)cc(C)cc8C)cc6C7(CCCCCCC)CCCCCCC)cc5)ccc3-4)cc21. The van der Waals surface area contributed by atoms with Gasteiger partial charge in [-0.3, -0.25) is 0 Å².